The number of hydrogen-bond donors (Lipinski definition) is 2. The van der Waals surface area contributed by atoms with Crippen LogP contribution in [0, 0.1) is 0 Å². The van der Waals surface area contributed by atoms with E-state index in [0.717, 1.165) is 29.6 Å². The van der Waals surface area contributed by atoms with Crippen molar-refractivity contribution in [3.8, 4) is 5.75 Å². The first-order valence-electron chi connectivity index (χ1n) is 7.36. The number of carbonyl (C=O) groups is 1. The molecule has 2 aromatic rings. The highest BCUT2D eigenvalue weighted by Gasteiger charge is 2.23. The SMILES string of the molecule is CCOc1cccc2c1nc(N)n2CCC(=O)NC1CC1. The second-order valence-corrected chi connectivity index (χ2v) is 5.27. The lowest BCUT2D eigenvalue weighted by Gasteiger charge is -2.07. The van der Waals surface area contributed by atoms with Gasteiger partial charge in [-0.1, -0.05) is 6.07 Å². The predicted molar refractivity (Wildman–Crippen MR) is 81.1 cm³/mol. The number of ether oxygens (including phenoxy) is 1. The Kier molecular flexibility index (Phi) is 3.68. The van der Waals surface area contributed by atoms with Crippen molar-refractivity contribution in [1.82, 2.24) is 14.9 Å². The minimum absolute atomic E-state index is 0.0692. The number of nitrogens with one attached hydrogen (secondary N) is 1. The molecule has 1 fully saturated rings. The van der Waals surface area contributed by atoms with Crippen molar-refractivity contribution in [3.63, 3.8) is 0 Å². The minimum Gasteiger partial charge on any atom is -0.492 e. The number of nitrogen functional groups attached to an aromatic ring is 1. The minimum atomic E-state index is 0.0692. The Morgan fingerprint density at radius 3 is 3.05 bits per heavy atom. The zero-order chi connectivity index (χ0) is 14.8. The van der Waals surface area contributed by atoms with Gasteiger partial charge in [0.05, 0.1) is 12.1 Å². The van der Waals surface area contributed by atoms with Crippen LogP contribution in [-0.4, -0.2) is 28.1 Å². The smallest absolute Gasteiger partial charge is 0.222 e. The second kappa shape index (κ2) is 5.63. The molecule has 3 rings (SSSR count). The summed E-state index contributed by atoms with van der Waals surface area (Å²) < 4.78 is 7.43. The first-order valence-corrected chi connectivity index (χ1v) is 7.36. The summed E-state index contributed by atoms with van der Waals surface area (Å²) in [5.74, 6) is 1.21. The Morgan fingerprint density at radius 2 is 2.33 bits per heavy atom. The Labute approximate surface area is 123 Å². The maximum Gasteiger partial charge on any atom is 0.222 e. The van der Waals surface area contributed by atoms with Crippen molar-refractivity contribution in [1.29, 1.82) is 0 Å². The second-order valence-electron chi connectivity index (χ2n) is 5.27. The van der Waals surface area contributed by atoms with Crippen LogP contribution in [0.3, 0.4) is 0 Å². The molecule has 6 nitrogen and oxygen atoms in total. The largest absolute Gasteiger partial charge is 0.492 e. The van der Waals surface area contributed by atoms with E-state index >= 15 is 0 Å². The first-order chi connectivity index (χ1) is 10.2. The highest BCUT2D eigenvalue weighted by atomic mass is 16.5. The fraction of sp³-hybridized carbons (Fsp3) is 0.467. The monoisotopic (exact) mass is 288 g/mol. The number of benzene rings is 1. The zero-order valence-electron chi connectivity index (χ0n) is 12.1. The lowest BCUT2D eigenvalue weighted by Crippen LogP contribution is -2.26. The normalized spacial score (nSPS) is 14.3. The number of fused-ring (bicyclic) bond motifs is 1. The van der Waals surface area contributed by atoms with E-state index in [1.165, 1.54) is 0 Å². The number of nitrogens with two attached hydrogens (primary N) is 1. The lowest BCUT2D eigenvalue weighted by atomic mass is 10.3. The quantitative estimate of drug-likeness (QED) is 0.847. The van der Waals surface area contributed by atoms with Crippen LogP contribution in [0.4, 0.5) is 5.95 Å². The third kappa shape index (κ3) is 2.94. The van der Waals surface area contributed by atoms with Crippen molar-refractivity contribution >= 4 is 22.9 Å². The molecule has 0 bridgehead atoms. The van der Waals surface area contributed by atoms with Crippen molar-refractivity contribution in [2.45, 2.75) is 38.8 Å². The zero-order valence-corrected chi connectivity index (χ0v) is 12.1. The molecular formula is C15H20N4O2. The Morgan fingerprint density at radius 1 is 1.52 bits per heavy atom. The maximum absolute atomic E-state index is 11.8. The van der Waals surface area contributed by atoms with E-state index in [-0.39, 0.29) is 5.91 Å². The van der Waals surface area contributed by atoms with Gasteiger partial charge >= 0.3 is 0 Å². The lowest BCUT2D eigenvalue weighted by molar-refractivity contribution is -0.121. The number of carbonyl (C=O) groups excluding carboxylic acids is 1. The molecule has 6 heteroatoms. The molecule has 0 saturated heterocycles. The van der Waals surface area contributed by atoms with Crippen molar-refractivity contribution in [2.24, 2.45) is 0 Å². The molecule has 1 aliphatic carbocycles. The molecule has 21 heavy (non-hydrogen) atoms. The van der Waals surface area contributed by atoms with Crippen LogP contribution in [0.1, 0.15) is 26.2 Å². The molecule has 0 spiro atoms. The van der Waals surface area contributed by atoms with Gasteiger partial charge in [-0.2, -0.15) is 0 Å². The Bertz CT molecular complexity index is 661. The molecule has 3 N–H and O–H groups in total. The summed E-state index contributed by atoms with van der Waals surface area (Å²) in [6.45, 7) is 3.04. The first kappa shape index (κ1) is 13.7. The van der Waals surface area contributed by atoms with Crippen LogP contribution in [0.25, 0.3) is 11.0 Å². The number of rotatable bonds is 6. The van der Waals surface area contributed by atoms with E-state index in [1.807, 2.05) is 29.7 Å². The highest BCUT2D eigenvalue weighted by Crippen LogP contribution is 2.27. The van der Waals surface area contributed by atoms with Crippen LogP contribution in [0.15, 0.2) is 18.2 Å². The Hall–Kier alpha value is -2.24. The number of nitrogens with zero attached hydrogens (tertiary/aromatic N) is 2. The molecule has 1 aromatic heterocycles. The van der Waals surface area contributed by atoms with Gasteiger partial charge in [0.25, 0.3) is 0 Å². The Balaban J connectivity index is 1.79. The molecule has 112 valence electrons. The molecule has 0 atom stereocenters. The third-order valence-corrected chi connectivity index (χ3v) is 3.58. The number of amides is 1. The van der Waals surface area contributed by atoms with Crippen LogP contribution >= 0.6 is 0 Å². The van der Waals surface area contributed by atoms with Gasteiger partial charge in [0.1, 0.15) is 11.3 Å². The molecule has 1 heterocycles. The summed E-state index contributed by atoms with van der Waals surface area (Å²) in [5.41, 5.74) is 7.63. The topological polar surface area (TPSA) is 82.2 Å². The van der Waals surface area contributed by atoms with Crippen molar-refractivity contribution in [2.75, 3.05) is 12.3 Å². The molecule has 1 aromatic carbocycles. The average Bonchev–Trinajstić information content (AvgIpc) is 3.20. The van der Waals surface area contributed by atoms with Gasteiger partial charge in [-0.3, -0.25) is 4.79 Å². The van der Waals surface area contributed by atoms with Gasteiger partial charge in [0, 0.05) is 19.0 Å². The van der Waals surface area contributed by atoms with Gasteiger partial charge in [-0.15, -0.1) is 0 Å². The van der Waals surface area contributed by atoms with Gasteiger partial charge in [-0.05, 0) is 31.9 Å². The van der Waals surface area contributed by atoms with Gasteiger partial charge in [0.15, 0.2) is 0 Å². The molecule has 1 aliphatic rings. The fourth-order valence-corrected chi connectivity index (χ4v) is 2.39. The summed E-state index contributed by atoms with van der Waals surface area (Å²) in [7, 11) is 0. The summed E-state index contributed by atoms with van der Waals surface area (Å²) in [4.78, 5) is 16.2. The summed E-state index contributed by atoms with van der Waals surface area (Å²) in [6.07, 6.45) is 2.60. The van der Waals surface area contributed by atoms with Crippen molar-refractivity contribution in [3.05, 3.63) is 18.2 Å². The number of para-hydroxylation sites is 1. The molecule has 1 saturated carbocycles. The maximum atomic E-state index is 11.8. The van der Waals surface area contributed by atoms with E-state index in [0.29, 0.717) is 31.6 Å². The fourth-order valence-electron chi connectivity index (χ4n) is 2.39. The molecule has 1 amide bonds. The van der Waals surface area contributed by atoms with E-state index in [4.69, 9.17) is 10.5 Å². The van der Waals surface area contributed by atoms with Crippen LogP contribution in [-0.2, 0) is 11.3 Å². The third-order valence-electron chi connectivity index (χ3n) is 3.58. The number of imidazole rings is 1. The van der Waals surface area contributed by atoms with E-state index in [1.54, 1.807) is 0 Å². The van der Waals surface area contributed by atoms with Crippen LogP contribution in [0.2, 0.25) is 0 Å². The van der Waals surface area contributed by atoms with Crippen molar-refractivity contribution < 1.29 is 9.53 Å². The summed E-state index contributed by atoms with van der Waals surface area (Å²) in [6, 6.07) is 6.12. The van der Waals surface area contributed by atoms with E-state index < -0.39 is 0 Å². The number of anilines is 1. The highest BCUT2D eigenvalue weighted by molar-refractivity contribution is 5.84. The summed E-state index contributed by atoms with van der Waals surface area (Å²) in [5, 5.41) is 2.98. The van der Waals surface area contributed by atoms with Crippen LogP contribution in [0.5, 0.6) is 5.75 Å². The van der Waals surface area contributed by atoms with Crippen LogP contribution < -0.4 is 15.8 Å². The summed E-state index contributed by atoms with van der Waals surface area (Å²) >= 11 is 0. The van der Waals surface area contributed by atoms with Gasteiger partial charge in [-0.25, -0.2) is 4.98 Å². The number of aromatic nitrogens is 2. The molecular weight excluding hydrogens is 268 g/mol. The van der Waals surface area contributed by atoms with E-state index in [9.17, 15) is 4.79 Å². The molecule has 0 unspecified atom stereocenters. The average molecular weight is 288 g/mol. The standard InChI is InChI=1S/C15H20N4O2/c1-2-21-12-5-3-4-11-14(12)18-15(16)19(11)9-8-13(20)17-10-6-7-10/h3-5,10H,2,6-9H2,1H3,(H2,16,18)(H,17,20). The van der Waals surface area contributed by atoms with E-state index in [2.05, 4.69) is 10.3 Å². The molecule has 0 radical (unpaired) electrons. The molecule has 0 aliphatic heterocycles. The predicted octanol–water partition coefficient (Wildman–Crippen LogP) is 1.69. The van der Waals surface area contributed by atoms with Gasteiger partial charge < -0.3 is 20.4 Å². The number of aryl methyl sites for hydroxylation is 1. The number of hydrogen-bond acceptors (Lipinski definition) is 4. The van der Waals surface area contributed by atoms with Gasteiger partial charge in [0.2, 0.25) is 11.9 Å².